The third kappa shape index (κ3) is 3.89. The van der Waals surface area contributed by atoms with Gasteiger partial charge >= 0.3 is 0 Å². The fraction of sp³-hybridized carbons (Fsp3) is 0.222. The van der Waals surface area contributed by atoms with E-state index in [1.165, 1.54) is 30.2 Å². The highest BCUT2D eigenvalue weighted by atomic mass is 32.2. The van der Waals surface area contributed by atoms with Gasteiger partial charge in [0.15, 0.2) is 17.5 Å². The summed E-state index contributed by atoms with van der Waals surface area (Å²) >= 11 is 1.29. The normalized spacial score (nSPS) is 14.4. The molecule has 0 amide bonds. The molecule has 140 valence electrons. The smallest absolute Gasteiger partial charge is 0.218 e. The number of rotatable bonds is 6. The Hall–Kier alpha value is -2.26. The van der Waals surface area contributed by atoms with Crippen molar-refractivity contribution in [3.63, 3.8) is 0 Å². The zero-order chi connectivity index (χ0) is 19.0. The highest BCUT2D eigenvalue weighted by Crippen LogP contribution is 2.37. The lowest BCUT2D eigenvalue weighted by atomic mass is 10.2. The standard InChI is InChI=1S/C18H15F2N3O2S2/c19-16-7-6-14(9-17(16)20)26-10-12-2-1-3-15(8-12)27(24,25)23-11-21-18(22-23)13-4-5-13/h1-3,6-9,11,13H,4-5,10H2. The third-order valence-electron chi connectivity index (χ3n) is 4.17. The van der Waals surface area contributed by atoms with Crippen LogP contribution in [0.3, 0.4) is 0 Å². The maximum absolute atomic E-state index is 13.3. The van der Waals surface area contributed by atoms with Crippen molar-refractivity contribution in [3.8, 4) is 0 Å². The summed E-state index contributed by atoms with van der Waals surface area (Å²) in [6.45, 7) is 0. The Bertz CT molecular complexity index is 1100. The number of benzene rings is 2. The summed E-state index contributed by atoms with van der Waals surface area (Å²) in [6.07, 6.45) is 3.20. The first kappa shape index (κ1) is 18.1. The summed E-state index contributed by atoms with van der Waals surface area (Å²) in [5.41, 5.74) is 0.744. The number of nitrogens with zero attached hydrogens (tertiary/aromatic N) is 3. The topological polar surface area (TPSA) is 64.8 Å². The van der Waals surface area contributed by atoms with Crippen LogP contribution in [-0.2, 0) is 15.8 Å². The van der Waals surface area contributed by atoms with Crippen molar-refractivity contribution >= 4 is 21.8 Å². The largest absolute Gasteiger partial charge is 0.284 e. The van der Waals surface area contributed by atoms with Crippen LogP contribution in [0.2, 0.25) is 0 Å². The number of hydrogen-bond acceptors (Lipinski definition) is 5. The molecule has 0 N–H and O–H groups in total. The van der Waals surface area contributed by atoms with Gasteiger partial charge in [-0.05, 0) is 48.7 Å². The van der Waals surface area contributed by atoms with E-state index < -0.39 is 21.7 Å². The first-order chi connectivity index (χ1) is 12.9. The minimum Gasteiger partial charge on any atom is -0.218 e. The van der Waals surface area contributed by atoms with Crippen molar-refractivity contribution in [1.82, 2.24) is 14.2 Å². The molecule has 1 fully saturated rings. The minimum atomic E-state index is -3.82. The summed E-state index contributed by atoms with van der Waals surface area (Å²) in [5, 5.41) is 4.10. The Morgan fingerprint density at radius 1 is 1.11 bits per heavy atom. The lowest BCUT2D eigenvalue weighted by Crippen LogP contribution is -2.14. The Labute approximate surface area is 159 Å². The quantitative estimate of drug-likeness (QED) is 0.579. The Kier molecular flexibility index (Phi) is 4.73. The molecule has 1 heterocycles. The van der Waals surface area contributed by atoms with Crippen molar-refractivity contribution in [1.29, 1.82) is 0 Å². The molecule has 0 unspecified atom stereocenters. The summed E-state index contributed by atoms with van der Waals surface area (Å²) in [4.78, 5) is 4.76. The van der Waals surface area contributed by atoms with Gasteiger partial charge in [0, 0.05) is 16.6 Å². The molecule has 1 saturated carbocycles. The maximum atomic E-state index is 13.3. The van der Waals surface area contributed by atoms with Gasteiger partial charge in [-0.15, -0.1) is 20.9 Å². The second-order valence-corrected chi connectivity index (χ2v) is 9.11. The lowest BCUT2D eigenvalue weighted by molar-refractivity contribution is 0.506. The minimum absolute atomic E-state index is 0.109. The van der Waals surface area contributed by atoms with Crippen molar-refractivity contribution in [2.75, 3.05) is 0 Å². The Morgan fingerprint density at radius 2 is 1.93 bits per heavy atom. The van der Waals surface area contributed by atoms with Crippen LogP contribution in [0.25, 0.3) is 0 Å². The third-order valence-corrected chi connectivity index (χ3v) is 6.75. The number of hydrogen-bond donors (Lipinski definition) is 0. The van der Waals surface area contributed by atoms with E-state index in [9.17, 15) is 17.2 Å². The molecule has 0 radical (unpaired) electrons. The molecule has 0 aliphatic heterocycles. The van der Waals surface area contributed by atoms with E-state index in [2.05, 4.69) is 10.1 Å². The molecule has 1 aliphatic carbocycles. The van der Waals surface area contributed by atoms with E-state index in [0.717, 1.165) is 34.6 Å². The highest BCUT2D eigenvalue weighted by Gasteiger charge is 2.29. The predicted molar refractivity (Wildman–Crippen MR) is 96.9 cm³/mol. The molecule has 0 bridgehead atoms. The number of aromatic nitrogens is 3. The van der Waals surface area contributed by atoms with Crippen LogP contribution in [-0.4, -0.2) is 22.6 Å². The SMILES string of the molecule is O=S(=O)(c1cccc(CSc2ccc(F)c(F)c2)c1)n1cnc(C2CC2)n1. The Balaban J connectivity index is 1.53. The molecule has 0 atom stereocenters. The Morgan fingerprint density at radius 3 is 2.67 bits per heavy atom. The van der Waals surface area contributed by atoms with Gasteiger partial charge in [0.05, 0.1) is 4.90 Å². The molecule has 1 aliphatic rings. The van der Waals surface area contributed by atoms with E-state index >= 15 is 0 Å². The van der Waals surface area contributed by atoms with Crippen LogP contribution >= 0.6 is 11.8 Å². The molecular weight excluding hydrogens is 392 g/mol. The first-order valence-corrected chi connectivity index (χ1v) is 10.7. The zero-order valence-electron chi connectivity index (χ0n) is 14.0. The van der Waals surface area contributed by atoms with Gasteiger partial charge in [-0.25, -0.2) is 13.8 Å². The van der Waals surface area contributed by atoms with Gasteiger partial charge in [0.2, 0.25) is 0 Å². The molecular formula is C18H15F2N3O2S2. The van der Waals surface area contributed by atoms with Crippen LogP contribution in [0.5, 0.6) is 0 Å². The summed E-state index contributed by atoms with van der Waals surface area (Å²) in [6, 6.07) is 10.2. The first-order valence-electron chi connectivity index (χ1n) is 8.27. The van der Waals surface area contributed by atoms with E-state index in [-0.39, 0.29) is 10.8 Å². The maximum Gasteiger partial charge on any atom is 0.284 e. The molecule has 27 heavy (non-hydrogen) atoms. The molecule has 0 saturated heterocycles. The van der Waals surface area contributed by atoms with Gasteiger partial charge in [-0.2, -0.15) is 8.42 Å². The van der Waals surface area contributed by atoms with E-state index in [1.54, 1.807) is 18.2 Å². The highest BCUT2D eigenvalue weighted by molar-refractivity contribution is 7.98. The predicted octanol–water partition coefficient (Wildman–Crippen LogP) is 3.96. The summed E-state index contributed by atoms with van der Waals surface area (Å²) < 4.78 is 52.7. The summed E-state index contributed by atoms with van der Waals surface area (Å²) in [7, 11) is -3.82. The van der Waals surface area contributed by atoms with Crippen LogP contribution in [0.1, 0.15) is 30.1 Å². The van der Waals surface area contributed by atoms with Crippen LogP contribution in [0, 0.1) is 11.6 Å². The van der Waals surface area contributed by atoms with Crippen LogP contribution < -0.4 is 0 Å². The van der Waals surface area contributed by atoms with Gasteiger partial charge in [0.1, 0.15) is 6.33 Å². The van der Waals surface area contributed by atoms with Crippen LogP contribution in [0.15, 0.2) is 58.6 Å². The molecule has 0 spiro atoms. The molecule has 1 aromatic heterocycles. The molecule has 2 aromatic carbocycles. The van der Waals surface area contributed by atoms with Crippen molar-refractivity contribution in [3.05, 3.63) is 71.8 Å². The van der Waals surface area contributed by atoms with Gasteiger partial charge in [-0.1, -0.05) is 12.1 Å². The zero-order valence-corrected chi connectivity index (χ0v) is 15.7. The summed E-state index contributed by atoms with van der Waals surface area (Å²) in [5.74, 6) is -0.567. The van der Waals surface area contributed by atoms with Crippen molar-refractivity contribution in [2.45, 2.75) is 34.3 Å². The molecule has 4 rings (SSSR count). The van der Waals surface area contributed by atoms with Crippen molar-refractivity contribution in [2.24, 2.45) is 0 Å². The van der Waals surface area contributed by atoms with Gasteiger partial charge in [0.25, 0.3) is 10.0 Å². The fourth-order valence-corrected chi connectivity index (χ4v) is 4.54. The lowest BCUT2D eigenvalue weighted by Gasteiger charge is -2.07. The monoisotopic (exact) mass is 407 g/mol. The average Bonchev–Trinajstić information content (AvgIpc) is 3.39. The van der Waals surface area contributed by atoms with E-state index in [4.69, 9.17) is 0 Å². The van der Waals surface area contributed by atoms with Crippen LogP contribution in [0.4, 0.5) is 8.78 Å². The van der Waals surface area contributed by atoms with Gasteiger partial charge in [-0.3, -0.25) is 0 Å². The number of thioether (sulfide) groups is 1. The molecule has 3 aromatic rings. The molecule has 9 heteroatoms. The fourth-order valence-electron chi connectivity index (χ4n) is 2.54. The van der Waals surface area contributed by atoms with E-state index in [0.29, 0.717) is 16.5 Å². The molecule has 5 nitrogen and oxygen atoms in total. The number of halogens is 2. The van der Waals surface area contributed by atoms with Gasteiger partial charge < -0.3 is 0 Å². The second kappa shape index (κ2) is 7.05. The van der Waals surface area contributed by atoms with E-state index in [1.807, 2.05) is 0 Å². The van der Waals surface area contributed by atoms with Crippen molar-refractivity contribution < 1.29 is 17.2 Å². The average molecular weight is 407 g/mol. The second-order valence-electron chi connectivity index (χ2n) is 6.27.